The van der Waals surface area contributed by atoms with Crippen LogP contribution in [0, 0.1) is 10.1 Å². The zero-order valence-corrected chi connectivity index (χ0v) is 15.7. The summed E-state index contributed by atoms with van der Waals surface area (Å²) >= 11 is 0. The van der Waals surface area contributed by atoms with E-state index in [-0.39, 0.29) is 29.3 Å². The first-order valence-corrected chi connectivity index (χ1v) is 8.65. The SMILES string of the molecule is COc1cc([N+](=O)[O-])ccc1NC(=O)[C@@H](C)OC(=O)C1=Cc2ccccc2OC1. The Morgan fingerprint density at radius 1 is 1.24 bits per heavy atom. The molecule has 1 N–H and O–H groups in total. The van der Waals surface area contributed by atoms with Gasteiger partial charge in [0, 0.05) is 11.6 Å². The van der Waals surface area contributed by atoms with Crippen molar-refractivity contribution in [2.45, 2.75) is 13.0 Å². The number of amides is 1. The van der Waals surface area contributed by atoms with Crippen molar-refractivity contribution in [2.75, 3.05) is 19.0 Å². The van der Waals surface area contributed by atoms with E-state index < -0.39 is 22.9 Å². The molecule has 1 aliphatic heterocycles. The number of rotatable bonds is 6. The Kier molecular flexibility index (Phi) is 5.77. The van der Waals surface area contributed by atoms with Crippen LogP contribution in [0.4, 0.5) is 11.4 Å². The highest BCUT2D eigenvalue weighted by atomic mass is 16.6. The molecular weight excluding hydrogens is 380 g/mol. The van der Waals surface area contributed by atoms with Crippen LogP contribution in [-0.2, 0) is 14.3 Å². The molecule has 0 saturated carbocycles. The van der Waals surface area contributed by atoms with Gasteiger partial charge in [0.2, 0.25) is 0 Å². The minimum absolute atomic E-state index is 0.0420. The first kappa shape index (κ1) is 19.9. The molecule has 1 atom stereocenters. The van der Waals surface area contributed by atoms with Crippen molar-refractivity contribution in [3.63, 3.8) is 0 Å². The van der Waals surface area contributed by atoms with Crippen LogP contribution < -0.4 is 14.8 Å². The standard InChI is InChI=1S/C20H18N2O7/c1-12(19(23)21-16-8-7-15(22(25)26)10-18(16)27-2)29-20(24)14-9-13-5-3-4-6-17(13)28-11-14/h3-10,12H,11H2,1-2H3,(H,21,23)/t12-/m1/s1. The predicted molar refractivity (Wildman–Crippen MR) is 104 cm³/mol. The molecule has 3 rings (SSSR count). The number of fused-ring (bicyclic) bond motifs is 1. The summed E-state index contributed by atoms with van der Waals surface area (Å²) in [6.45, 7) is 1.46. The number of nitro groups is 1. The van der Waals surface area contributed by atoms with Crippen molar-refractivity contribution in [2.24, 2.45) is 0 Å². The van der Waals surface area contributed by atoms with Gasteiger partial charge in [0.25, 0.3) is 11.6 Å². The molecule has 2 aromatic rings. The van der Waals surface area contributed by atoms with Gasteiger partial charge in [-0.1, -0.05) is 18.2 Å². The summed E-state index contributed by atoms with van der Waals surface area (Å²) in [5, 5.41) is 13.4. The third-order valence-electron chi connectivity index (χ3n) is 4.20. The van der Waals surface area contributed by atoms with Gasteiger partial charge >= 0.3 is 5.97 Å². The third kappa shape index (κ3) is 4.52. The van der Waals surface area contributed by atoms with Crippen molar-refractivity contribution < 1.29 is 28.7 Å². The number of hydrogen-bond donors (Lipinski definition) is 1. The minimum atomic E-state index is -1.11. The Balaban J connectivity index is 1.66. The fraction of sp³-hybridized carbons (Fsp3) is 0.200. The number of methoxy groups -OCH3 is 1. The van der Waals surface area contributed by atoms with Crippen LogP contribution in [0.1, 0.15) is 12.5 Å². The second kappa shape index (κ2) is 8.42. The second-order valence-corrected chi connectivity index (χ2v) is 6.17. The average molecular weight is 398 g/mol. The van der Waals surface area contributed by atoms with Crippen LogP contribution in [0.2, 0.25) is 0 Å². The molecule has 9 heteroatoms. The van der Waals surface area contributed by atoms with E-state index in [0.717, 1.165) is 5.56 Å². The topological polar surface area (TPSA) is 117 Å². The Morgan fingerprint density at radius 2 is 2.00 bits per heavy atom. The quantitative estimate of drug-likeness (QED) is 0.452. The zero-order chi connectivity index (χ0) is 21.0. The highest BCUT2D eigenvalue weighted by molar-refractivity contribution is 6.00. The molecule has 0 radical (unpaired) electrons. The van der Waals surface area contributed by atoms with Crippen LogP contribution in [0.3, 0.4) is 0 Å². The number of carbonyl (C=O) groups excluding carboxylic acids is 2. The van der Waals surface area contributed by atoms with Gasteiger partial charge in [-0.3, -0.25) is 14.9 Å². The van der Waals surface area contributed by atoms with Crippen molar-refractivity contribution in [3.05, 3.63) is 63.7 Å². The Bertz CT molecular complexity index is 1000. The van der Waals surface area contributed by atoms with Crippen molar-refractivity contribution >= 4 is 29.3 Å². The van der Waals surface area contributed by atoms with E-state index in [9.17, 15) is 19.7 Å². The lowest BCUT2D eigenvalue weighted by Crippen LogP contribution is -2.31. The van der Waals surface area contributed by atoms with Gasteiger partial charge in [-0.05, 0) is 25.1 Å². The van der Waals surface area contributed by atoms with Gasteiger partial charge in [-0.2, -0.15) is 0 Å². The normalized spacial score (nSPS) is 13.2. The molecule has 150 valence electrons. The lowest BCUT2D eigenvalue weighted by Gasteiger charge is -2.19. The number of nitrogens with zero attached hydrogens (tertiary/aromatic N) is 1. The van der Waals surface area contributed by atoms with Gasteiger partial charge in [0.1, 0.15) is 18.1 Å². The summed E-state index contributed by atoms with van der Waals surface area (Å²) in [4.78, 5) is 35.0. The van der Waals surface area contributed by atoms with Gasteiger partial charge in [0.05, 0.1) is 29.4 Å². The van der Waals surface area contributed by atoms with E-state index in [1.54, 1.807) is 18.2 Å². The number of nitrogens with one attached hydrogen (secondary N) is 1. The summed E-state index contributed by atoms with van der Waals surface area (Å²) in [7, 11) is 1.32. The number of hydrogen-bond acceptors (Lipinski definition) is 7. The highest BCUT2D eigenvalue weighted by Crippen LogP contribution is 2.29. The zero-order valence-electron chi connectivity index (χ0n) is 15.7. The molecule has 0 aromatic heterocycles. The van der Waals surface area contributed by atoms with Gasteiger partial charge in [-0.25, -0.2) is 4.79 Å². The van der Waals surface area contributed by atoms with Crippen molar-refractivity contribution in [1.82, 2.24) is 0 Å². The lowest BCUT2D eigenvalue weighted by atomic mass is 10.1. The van der Waals surface area contributed by atoms with E-state index >= 15 is 0 Å². The average Bonchev–Trinajstić information content (AvgIpc) is 2.73. The maximum Gasteiger partial charge on any atom is 0.338 e. The van der Waals surface area contributed by atoms with Gasteiger partial charge in [-0.15, -0.1) is 0 Å². The fourth-order valence-corrected chi connectivity index (χ4v) is 2.65. The molecule has 0 spiro atoms. The molecule has 1 heterocycles. The van der Waals surface area contributed by atoms with E-state index in [0.29, 0.717) is 5.75 Å². The van der Waals surface area contributed by atoms with Crippen LogP contribution in [-0.4, -0.2) is 36.6 Å². The van der Waals surface area contributed by atoms with Gasteiger partial charge < -0.3 is 19.5 Å². The summed E-state index contributed by atoms with van der Waals surface area (Å²) in [6.07, 6.45) is 0.547. The van der Waals surface area contributed by atoms with Crippen LogP contribution in [0.15, 0.2) is 48.0 Å². The molecule has 0 bridgehead atoms. The monoisotopic (exact) mass is 398 g/mol. The molecule has 0 saturated heterocycles. The minimum Gasteiger partial charge on any atom is -0.494 e. The molecule has 0 unspecified atom stereocenters. The summed E-state index contributed by atoms with van der Waals surface area (Å²) in [5.41, 5.74) is 1.08. The van der Waals surface area contributed by atoms with Crippen LogP contribution in [0.5, 0.6) is 11.5 Å². The lowest BCUT2D eigenvalue weighted by molar-refractivity contribution is -0.384. The van der Waals surface area contributed by atoms with Crippen LogP contribution >= 0.6 is 0 Å². The Hall–Kier alpha value is -3.88. The molecule has 1 amide bonds. The molecular formula is C20H18N2O7. The summed E-state index contributed by atoms with van der Waals surface area (Å²) < 4.78 is 15.8. The number of non-ortho nitro benzene ring substituents is 1. The second-order valence-electron chi connectivity index (χ2n) is 6.17. The number of benzene rings is 2. The summed E-state index contributed by atoms with van der Waals surface area (Å²) in [5.74, 6) is -0.493. The molecule has 9 nitrogen and oxygen atoms in total. The smallest absolute Gasteiger partial charge is 0.338 e. The van der Waals surface area contributed by atoms with E-state index in [1.807, 2.05) is 12.1 Å². The number of carbonyl (C=O) groups is 2. The van der Waals surface area contributed by atoms with E-state index in [2.05, 4.69) is 5.32 Å². The molecule has 0 fully saturated rings. The number of ether oxygens (including phenoxy) is 3. The number of para-hydroxylation sites is 1. The number of anilines is 1. The number of esters is 1. The van der Waals surface area contributed by atoms with Gasteiger partial charge in [0.15, 0.2) is 6.10 Å². The molecule has 29 heavy (non-hydrogen) atoms. The maximum atomic E-state index is 12.4. The molecule has 2 aromatic carbocycles. The first-order valence-electron chi connectivity index (χ1n) is 8.65. The maximum absolute atomic E-state index is 12.4. The Labute approximate surface area is 166 Å². The predicted octanol–water partition coefficient (Wildman–Crippen LogP) is 2.95. The fourth-order valence-electron chi connectivity index (χ4n) is 2.65. The highest BCUT2D eigenvalue weighted by Gasteiger charge is 2.24. The van der Waals surface area contributed by atoms with Crippen molar-refractivity contribution in [1.29, 1.82) is 0 Å². The Morgan fingerprint density at radius 3 is 2.72 bits per heavy atom. The molecule has 1 aliphatic rings. The molecule has 0 aliphatic carbocycles. The van der Waals surface area contributed by atoms with Crippen LogP contribution in [0.25, 0.3) is 6.08 Å². The third-order valence-corrected chi connectivity index (χ3v) is 4.20. The first-order chi connectivity index (χ1) is 13.9. The van der Waals surface area contributed by atoms with E-state index in [1.165, 1.54) is 32.2 Å². The van der Waals surface area contributed by atoms with E-state index in [4.69, 9.17) is 14.2 Å². The largest absolute Gasteiger partial charge is 0.494 e. The number of nitro benzene ring substituents is 1. The summed E-state index contributed by atoms with van der Waals surface area (Å²) in [6, 6.07) is 11.0. The van der Waals surface area contributed by atoms with Crippen molar-refractivity contribution in [3.8, 4) is 11.5 Å².